The predicted molar refractivity (Wildman–Crippen MR) is 253 cm³/mol. The molecule has 0 spiro atoms. The van der Waals surface area contributed by atoms with Crippen molar-refractivity contribution in [3.63, 3.8) is 0 Å². The second-order valence-electron chi connectivity index (χ2n) is 14.9. The van der Waals surface area contributed by atoms with Crippen molar-refractivity contribution in [3.05, 3.63) is 241 Å². The standard InChI is InChI=1S/C57H49N/c1-7-15-39(11-5)42-23-28-51(29-24-42)58(53-37-48(40(12-6)16-8-2)36-49(38-53)41(17-9-3)18-10-4)52-30-25-43(26-31-52)44-27-32-55-50(33-44)35-47-22-21-46-34-45-19-13-14-20-54(45)56(46)57(47)55/h7-33,36-38H,1,3,5,34-35H2,2,4,6H3/b16-8-,18-10-,39-15+,40-12+,41-17+. The van der Waals surface area contributed by atoms with E-state index in [2.05, 4.69) is 203 Å². The molecule has 0 unspecified atom stereocenters. The van der Waals surface area contributed by atoms with E-state index in [1.807, 2.05) is 18.2 Å². The molecule has 0 heterocycles. The van der Waals surface area contributed by atoms with Crippen molar-refractivity contribution >= 4 is 33.8 Å². The molecular weight excluding hydrogens is 699 g/mol. The van der Waals surface area contributed by atoms with Crippen molar-refractivity contribution in [3.8, 4) is 33.4 Å². The predicted octanol–water partition coefficient (Wildman–Crippen LogP) is 15.8. The third-order valence-electron chi connectivity index (χ3n) is 11.4. The molecular formula is C57H49N. The lowest BCUT2D eigenvalue weighted by Gasteiger charge is -2.27. The Kier molecular flexibility index (Phi) is 10.9. The normalized spacial score (nSPS) is 13.3. The minimum absolute atomic E-state index is 0.959. The lowest BCUT2D eigenvalue weighted by molar-refractivity contribution is 1.23. The van der Waals surface area contributed by atoms with E-state index in [-0.39, 0.29) is 0 Å². The van der Waals surface area contributed by atoms with Gasteiger partial charge in [-0.25, -0.2) is 0 Å². The molecule has 282 valence electrons. The number of rotatable bonds is 12. The summed E-state index contributed by atoms with van der Waals surface area (Å²) >= 11 is 0. The number of hydrogen-bond acceptors (Lipinski definition) is 1. The molecule has 0 N–H and O–H groups in total. The van der Waals surface area contributed by atoms with Gasteiger partial charge in [0.25, 0.3) is 0 Å². The second-order valence-corrected chi connectivity index (χ2v) is 14.9. The van der Waals surface area contributed by atoms with Gasteiger partial charge in [-0.05, 0) is 165 Å². The van der Waals surface area contributed by atoms with E-state index in [9.17, 15) is 0 Å². The second kappa shape index (κ2) is 16.6. The molecule has 0 radical (unpaired) electrons. The van der Waals surface area contributed by atoms with E-state index in [4.69, 9.17) is 0 Å². The van der Waals surface area contributed by atoms with Crippen molar-refractivity contribution in [1.82, 2.24) is 0 Å². The highest BCUT2D eigenvalue weighted by Crippen LogP contribution is 2.50. The van der Waals surface area contributed by atoms with Crippen molar-refractivity contribution in [1.29, 1.82) is 0 Å². The molecule has 6 aromatic rings. The largest absolute Gasteiger partial charge is 0.310 e. The quantitative estimate of drug-likeness (QED) is 0.113. The minimum atomic E-state index is 0.959. The van der Waals surface area contributed by atoms with Crippen LogP contribution in [0.3, 0.4) is 0 Å². The van der Waals surface area contributed by atoms with Crippen LogP contribution in [0.4, 0.5) is 17.1 Å². The SMILES string of the molecule is C=C/C=C(\C=C)c1ccc(N(c2ccc(-c3ccc4c(c3)Cc3ccc5c(c3-4)-c3ccccc3C5)cc2)c2cc(C(/C=C\C)=C/C)cc(C(/C=C\C)=C/C=C)c2)cc1. The first-order chi connectivity index (χ1) is 28.5. The third kappa shape index (κ3) is 7.12. The van der Waals surface area contributed by atoms with Crippen LogP contribution in [0.5, 0.6) is 0 Å². The number of hydrogen-bond donors (Lipinski definition) is 0. The van der Waals surface area contributed by atoms with Crippen LogP contribution in [0.1, 0.15) is 59.7 Å². The minimum Gasteiger partial charge on any atom is -0.310 e. The molecule has 8 rings (SSSR count). The molecule has 58 heavy (non-hydrogen) atoms. The van der Waals surface area contributed by atoms with Crippen molar-refractivity contribution in [2.45, 2.75) is 33.6 Å². The summed E-state index contributed by atoms with van der Waals surface area (Å²) in [4.78, 5) is 2.35. The van der Waals surface area contributed by atoms with Gasteiger partial charge in [-0.2, -0.15) is 0 Å². The zero-order valence-corrected chi connectivity index (χ0v) is 33.8. The van der Waals surface area contributed by atoms with Crippen molar-refractivity contribution in [2.75, 3.05) is 4.90 Å². The monoisotopic (exact) mass is 747 g/mol. The lowest BCUT2D eigenvalue weighted by atomic mass is 9.93. The maximum atomic E-state index is 4.04. The van der Waals surface area contributed by atoms with Gasteiger partial charge in [0, 0.05) is 17.1 Å². The molecule has 6 aromatic carbocycles. The Morgan fingerprint density at radius 3 is 1.69 bits per heavy atom. The number of fused-ring (bicyclic) bond motifs is 7. The van der Waals surface area contributed by atoms with Gasteiger partial charge in [-0.1, -0.05) is 159 Å². The molecule has 2 aliphatic rings. The molecule has 0 aromatic heterocycles. The van der Waals surface area contributed by atoms with E-state index in [0.29, 0.717) is 0 Å². The van der Waals surface area contributed by atoms with Gasteiger partial charge in [0.1, 0.15) is 0 Å². The van der Waals surface area contributed by atoms with Gasteiger partial charge >= 0.3 is 0 Å². The Hall–Kier alpha value is -6.96. The van der Waals surface area contributed by atoms with E-state index >= 15 is 0 Å². The van der Waals surface area contributed by atoms with E-state index < -0.39 is 0 Å². The highest BCUT2D eigenvalue weighted by atomic mass is 15.1. The topological polar surface area (TPSA) is 3.24 Å². The summed E-state index contributed by atoms with van der Waals surface area (Å²) in [5.41, 5.74) is 23.6. The van der Waals surface area contributed by atoms with Crippen LogP contribution in [-0.2, 0) is 12.8 Å². The van der Waals surface area contributed by atoms with E-state index in [1.165, 1.54) is 55.6 Å². The van der Waals surface area contributed by atoms with Gasteiger partial charge < -0.3 is 4.90 Å². The molecule has 0 bridgehead atoms. The van der Waals surface area contributed by atoms with Crippen LogP contribution in [-0.4, -0.2) is 0 Å². The molecule has 0 aliphatic heterocycles. The zero-order chi connectivity index (χ0) is 40.2. The number of allylic oxidation sites excluding steroid dienone is 13. The first-order valence-corrected chi connectivity index (χ1v) is 20.2. The van der Waals surface area contributed by atoms with E-state index in [1.54, 1.807) is 6.08 Å². The van der Waals surface area contributed by atoms with Crippen molar-refractivity contribution in [2.24, 2.45) is 0 Å². The Morgan fingerprint density at radius 1 is 0.483 bits per heavy atom. The fourth-order valence-electron chi connectivity index (χ4n) is 8.72. The summed E-state index contributed by atoms with van der Waals surface area (Å²) in [7, 11) is 0. The molecule has 0 saturated heterocycles. The Labute approximate surface area is 345 Å². The first-order valence-electron chi connectivity index (χ1n) is 20.2. The van der Waals surface area contributed by atoms with Crippen molar-refractivity contribution < 1.29 is 0 Å². The van der Waals surface area contributed by atoms with Gasteiger partial charge in [-0.3, -0.25) is 0 Å². The Bertz CT molecular complexity index is 2720. The highest BCUT2D eigenvalue weighted by molar-refractivity contribution is 5.96. The van der Waals surface area contributed by atoms with Crippen LogP contribution >= 0.6 is 0 Å². The molecule has 1 nitrogen and oxygen atoms in total. The van der Waals surface area contributed by atoms with Crippen LogP contribution in [0, 0.1) is 0 Å². The van der Waals surface area contributed by atoms with Gasteiger partial charge in [-0.15, -0.1) is 0 Å². The fraction of sp³-hybridized carbons (Fsp3) is 0.0877. The summed E-state index contributed by atoms with van der Waals surface area (Å²) < 4.78 is 0. The molecule has 1 heteroatoms. The summed E-state index contributed by atoms with van der Waals surface area (Å²) in [6.45, 7) is 18.2. The molecule has 0 atom stereocenters. The summed E-state index contributed by atoms with van der Waals surface area (Å²) in [6, 6.07) is 45.3. The maximum absolute atomic E-state index is 4.04. The van der Waals surface area contributed by atoms with Gasteiger partial charge in [0.05, 0.1) is 0 Å². The van der Waals surface area contributed by atoms with Crippen LogP contribution < -0.4 is 4.90 Å². The average molecular weight is 748 g/mol. The summed E-state index contributed by atoms with van der Waals surface area (Å²) in [5, 5.41) is 0. The maximum Gasteiger partial charge on any atom is 0.0473 e. The molecule has 0 saturated carbocycles. The van der Waals surface area contributed by atoms with Crippen LogP contribution in [0.25, 0.3) is 50.1 Å². The van der Waals surface area contributed by atoms with Crippen LogP contribution in [0.2, 0.25) is 0 Å². The smallest absolute Gasteiger partial charge is 0.0473 e. The Morgan fingerprint density at radius 2 is 1.05 bits per heavy atom. The number of benzene rings is 6. The van der Waals surface area contributed by atoms with Crippen LogP contribution in [0.15, 0.2) is 202 Å². The highest BCUT2D eigenvalue weighted by Gasteiger charge is 2.28. The van der Waals surface area contributed by atoms with Gasteiger partial charge in [0.2, 0.25) is 0 Å². The van der Waals surface area contributed by atoms with Gasteiger partial charge in [0.15, 0.2) is 0 Å². The Balaban J connectivity index is 1.22. The third-order valence-corrected chi connectivity index (χ3v) is 11.4. The fourth-order valence-corrected chi connectivity index (χ4v) is 8.72. The lowest BCUT2D eigenvalue weighted by Crippen LogP contribution is -2.11. The summed E-state index contributed by atoms with van der Waals surface area (Å²) in [5.74, 6) is 0. The average Bonchev–Trinajstić information content (AvgIpc) is 3.83. The summed E-state index contributed by atoms with van der Waals surface area (Å²) in [6.07, 6.45) is 22.3. The van der Waals surface area contributed by atoms with E-state index in [0.717, 1.165) is 63.3 Å². The zero-order valence-electron chi connectivity index (χ0n) is 33.8. The number of nitrogens with zero attached hydrogens (tertiary/aromatic N) is 1. The molecule has 2 aliphatic carbocycles. The number of anilines is 3. The molecule has 0 fully saturated rings. The first kappa shape index (κ1) is 37.9. The molecule has 0 amide bonds.